The number of piperazine rings is 1. The molecule has 2 rings (SSSR count). The minimum Gasteiger partial charge on any atom is -0.304 e. The zero-order chi connectivity index (χ0) is 12.1. The quantitative estimate of drug-likeness (QED) is 0.786. The molecule has 0 radical (unpaired) electrons. The molecule has 1 aromatic carbocycles. The van der Waals surface area contributed by atoms with Crippen LogP contribution in [0.1, 0.15) is 24.8 Å². The van der Waals surface area contributed by atoms with Crippen LogP contribution in [-0.2, 0) is 0 Å². The number of likely N-dealkylation sites (N-methyl/N-ethyl adjacent to an activating group) is 1. The Bertz CT molecular complexity index is 315. The van der Waals surface area contributed by atoms with Crippen molar-refractivity contribution in [2.45, 2.75) is 19.3 Å². The lowest BCUT2D eigenvalue weighted by Crippen LogP contribution is -2.45. The second kappa shape index (κ2) is 6.18. The molecule has 1 unspecified atom stereocenters. The molecule has 0 spiro atoms. The van der Waals surface area contributed by atoms with Crippen LogP contribution in [0.25, 0.3) is 0 Å². The molecule has 1 heterocycles. The van der Waals surface area contributed by atoms with Gasteiger partial charge in [-0.2, -0.15) is 0 Å². The molecule has 1 fully saturated rings. The van der Waals surface area contributed by atoms with E-state index in [0.717, 1.165) is 0 Å². The van der Waals surface area contributed by atoms with Gasteiger partial charge in [0, 0.05) is 32.7 Å². The molecule has 1 atom stereocenters. The molecule has 0 saturated carbocycles. The predicted octanol–water partition coefficient (Wildman–Crippen LogP) is 2.43. The Morgan fingerprint density at radius 1 is 1.06 bits per heavy atom. The maximum absolute atomic E-state index is 2.61. The molecule has 0 aromatic heterocycles. The van der Waals surface area contributed by atoms with Crippen molar-refractivity contribution in [2.75, 3.05) is 39.8 Å². The van der Waals surface area contributed by atoms with Crippen molar-refractivity contribution in [1.29, 1.82) is 0 Å². The average molecular weight is 232 g/mol. The molecule has 0 aliphatic carbocycles. The van der Waals surface area contributed by atoms with Gasteiger partial charge in [-0.25, -0.2) is 0 Å². The van der Waals surface area contributed by atoms with Gasteiger partial charge in [-0.1, -0.05) is 37.3 Å². The van der Waals surface area contributed by atoms with E-state index >= 15 is 0 Å². The third-order valence-corrected chi connectivity index (χ3v) is 3.84. The van der Waals surface area contributed by atoms with Crippen LogP contribution in [0.4, 0.5) is 0 Å². The maximum atomic E-state index is 2.61. The predicted molar refractivity (Wildman–Crippen MR) is 73.4 cm³/mol. The van der Waals surface area contributed by atoms with Crippen LogP contribution in [-0.4, -0.2) is 49.6 Å². The summed E-state index contributed by atoms with van der Waals surface area (Å²) < 4.78 is 0. The summed E-state index contributed by atoms with van der Waals surface area (Å²) in [6, 6.07) is 10.9. The van der Waals surface area contributed by atoms with Gasteiger partial charge in [-0.05, 0) is 24.9 Å². The summed E-state index contributed by atoms with van der Waals surface area (Å²) in [6.45, 7) is 8.39. The van der Waals surface area contributed by atoms with Gasteiger partial charge < -0.3 is 9.80 Å². The van der Waals surface area contributed by atoms with Crippen LogP contribution in [0.3, 0.4) is 0 Å². The Morgan fingerprint density at radius 3 is 2.29 bits per heavy atom. The number of benzene rings is 1. The standard InChI is InChI=1S/C15H24N2/c1-3-14(15-7-5-4-6-8-15)13-17-11-9-16(2)10-12-17/h4-8,14H,3,9-13H2,1-2H3. The van der Waals surface area contributed by atoms with Crippen LogP contribution in [0.5, 0.6) is 0 Å². The van der Waals surface area contributed by atoms with E-state index in [4.69, 9.17) is 0 Å². The van der Waals surface area contributed by atoms with Crippen LogP contribution in [0.2, 0.25) is 0 Å². The molecular weight excluding hydrogens is 208 g/mol. The first-order chi connectivity index (χ1) is 8.29. The van der Waals surface area contributed by atoms with Crippen LogP contribution in [0.15, 0.2) is 30.3 Å². The Balaban J connectivity index is 1.92. The first-order valence-electron chi connectivity index (χ1n) is 6.75. The highest BCUT2D eigenvalue weighted by Gasteiger charge is 2.18. The van der Waals surface area contributed by atoms with Gasteiger partial charge in [0.25, 0.3) is 0 Å². The normalized spacial score (nSPS) is 20.4. The van der Waals surface area contributed by atoms with E-state index in [9.17, 15) is 0 Å². The van der Waals surface area contributed by atoms with E-state index < -0.39 is 0 Å². The van der Waals surface area contributed by atoms with E-state index in [0.29, 0.717) is 5.92 Å². The number of hydrogen-bond donors (Lipinski definition) is 0. The van der Waals surface area contributed by atoms with Gasteiger partial charge in [0.05, 0.1) is 0 Å². The summed E-state index contributed by atoms with van der Waals surface area (Å²) in [4.78, 5) is 5.03. The first-order valence-corrected chi connectivity index (χ1v) is 6.75. The Morgan fingerprint density at radius 2 is 1.71 bits per heavy atom. The Hall–Kier alpha value is -0.860. The minimum atomic E-state index is 0.694. The molecule has 0 bridgehead atoms. The second-order valence-electron chi connectivity index (χ2n) is 5.12. The van der Waals surface area contributed by atoms with Gasteiger partial charge in [-0.3, -0.25) is 0 Å². The summed E-state index contributed by atoms with van der Waals surface area (Å²) in [5.41, 5.74) is 1.49. The van der Waals surface area contributed by atoms with Gasteiger partial charge in [0.1, 0.15) is 0 Å². The Labute approximate surface area is 105 Å². The SMILES string of the molecule is CCC(CN1CCN(C)CC1)c1ccccc1. The van der Waals surface area contributed by atoms with Crippen LogP contribution < -0.4 is 0 Å². The fraction of sp³-hybridized carbons (Fsp3) is 0.600. The summed E-state index contributed by atoms with van der Waals surface area (Å²) in [7, 11) is 2.21. The van der Waals surface area contributed by atoms with E-state index in [-0.39, 0.29) is 0 Å². The van der Waals surface area contributed by atoms with Crippen molar-refractivity contribution in [1.82, 2.24) is 9.80 Å². The lowest BCUT2D eigenvalue weighted by molar-refractivity contribution is 0.146. The topological polar surface area (TPSA) is 6.48 Å². The van der Waals surface area contributed by atoms with Crippen molar-refractivity contribution in [2.24, 2.45) is 0 Å². The third kappa shape index (κ3) is 3.55. The summed E-state index contributed by atoms with van der Waals surface area (Å²) in [5, 5.41) is 0. The van der Waals surface area contributed by atoms with Gasteiger partial charge in [0.2, 0.25) is 0 Å². The molecule has 17 heavy (non-hydrogen) atoms. The summed E-state index contributed by atoms with van der Waals surface area (Å²) >= 11 is 0. The molecule has 1 aliphatic heterocycles. The monoisotopic (exact) mass is 232 g/mol. The second-order valence-corrected chi connectivity index (χ2v) is 5.12. The van der Waals surface area contributed by atoms with Crippen LogP contribution >= 0.6 is 0 Å². The van der Waals surface area contributed by atoms with Crippen molar-refractivity contribution in [3.63, 3.8) is 0 Å². The largest absolute Gasteiger partial charge is 0.304 e. The minimum absolute atomic E-state index is 0.694. The smallest absolute Gasteiger partial charge is 0.0110 e. The lowest BCUT2D eigenvalue weighted by Gasteiger charge is -2.34. The lowest BCUT2D eigenvalue weighted by atomic mass is 9.96. The molecule has 2 heteroatoms. The van der Waals surface area contributed by atoms with Crippen molar-refractivity contribution < 1.29 is 0 Å². The molecule has 2 nitrogen and oxygen atoms in total. The van der Waals surface area contributed by atoms with Crippen LogP contribution in [0, 0.1) is 0 Å². The van der Waals surface area contributed by atoms with E-state index in [1.165, 1.54) is 44.7 Å². The maximum Gasteiger partial charge on any atom is 0.0110 e. The Kier molecular flexibility index (Phi) is 4.57. The van der Waals surface area contributed by atoms with E-state index in [1.807, 2.05) is 0 Å². The molecule has 1 aromatic rings. The zero-order valence-electron chi connectivity index (χ0n) is 11.1. The molecule has 1 saturated heterocycles. The van der Waals surface area contributed by atoms with Crippen molar-refractivity contribution in [3.05, 3.63) is 35.9 Å². The number of hydrogen-bond acceptors (Lipinski definition) is 2. The molecule has 1 aliphatic rings. The fourth-order valence-corrected chi connectivity index (χ4v) is 2.54. The van der Waals surface area contributed by atoms with Crippen molar-refractivity contribution in [3.8, 4) is 0 Å². The van der Waals surface area contributed by atoms with Gasteiger partial charge >= 0.3 is 0 Å². The molecule has 0 N–H and O–H groups in total. The number of nitrogens with zero attached hydrogens (tertiary/aromatic N) is 2. The van der Waals surface area contributed by atoms with E-state index in [1.54, 1.807) is 0 Å². The highest BCUT2D eigenvalue weighted by Crippen LogP contribution is 2.20. The molecule has 94 valence electrons. The summed E-state index contributed by atoms with van der Waals surface area (Å²) in [6.07, 6.45) is 1.23. The molecule has 0 amide bonds. The zero-order valence-corrected chi connectivity index (χ0v) is 11.1. The summed E-state index contributed by atoms with van der Waals surface area (Å²) in [5.74, 6) is 0.694. The van der Waals surface area contributed by atoms with Gasteiger partial charge in [0.15, 0.2) is 0 Å². The number of rotatable bonds is 4. The highest BCUT2D eigenvalue weighted by atomic mass is 15.2. The van der Waals surface area contributed by atoms with Crippen molar-refractivity contribution >= 4 is 0 Å². The highest BCUT2D eigenvalue weighted by molar-refractivity contribution is 5.19. The average Bonchev–Trinajstić information content (AvgIpc) is 2.39. The third-order valence-electron chi connectivity index (χ3n) is 3.84. The first kappa shape index (κ1) is 12.6. The fourth-order valence-electron chi connectivity index (χ4n) is 2.54. The molecular formula is C15H24N2. The van der Waals surface area contributed by atoms with Gasteiger partial charge in [-0.15, -0.1) is 0 Å². The van der Waals surface area contributed by atoms with E-state index in [2.05, 4.69) is 54.1 Å².